The van der Waals surface area contributed by atoms with Crippen molar-refractivity contribution in [2.75, 3.05) is 39.9 Å². The van der Waals surface area contributed by atoms with Crippen LogP contribution >= 0.6 is 0 Å². The topological polar surface area (TPSA) is 49.9 Å². The molecule has 0 bridgehead atoms. The number of nitrogens with zero attached hydrogens (tertiary/aromatic N) is 2. The van der Waals surface area contributed by atoms with Crippen LogP contribution in [0.4, 0.5) is 0 Å². The van der Waals surface area contributed by atoms with Crippen molar-refractivity contribution in [2.24, 2.45) is 0 Å². The van der Waals surface area contributed by atoms with Gasteiger partial charge in [0.15, 0.2) is 0 Å². The summed E-state index contributed by atoms with van der Waals surface area (Å²) in [7, 11) is 1.59. The van der Waals surface area contributed by atoms with E-state index in [1.165, 1.54) is 0 Å². The Labute approximate surface area is 131 Å². The number of hydrogen-bond acceptors (Lipinski definition) is 3. The van der Waals surface area contributed by atoms with Gasteiger partial charge in [-0.15, -0.1) is 0 Å². The van der Waals surface area contributed by atoms with Crippen LogP contribution in [0.25, 0.3) is 0 Å². The Bertz CT molecular complexity index is 513. The maximum absolute atomic E-state index is 12.5. The van der Waals surface area contributed by atoms with Gasteiger partial charge in [0, 0.05) is 38.9 Å². The molecule has 1 aliphatic rings. The summed E-state index contributed by atoms with van der Waals surface area (Å²) in [5.74, 6) is 0.151. The van der Waals surface area contributed by atoms with E-state index in [0.29, 0.717) is 44.8 Å². The molecular formula is C17H24N2O3. The van der Waals surface area contributed by atoms with E-state index in [0.717, 1.165) is 12.0 Å². The lowest BCUT2D eigenvalue weighted by molar-refractivity contribution is -0.132. The minimum atomic E-state index is 0.0474. The molecule has 0 unspecified atom stereocenters. The molecule has 2 amide bonds. The molecule has 0 aliphatic carbocycles. The van der Waals surface area contributed by atoms with E-state index >= 15 is 0 Å². The SMILES string of the molecule is COCCC(=O)N1CCCN(C(=O)c2ccc(C)cc2)CC1. The van der Waals surface area contributed by atoms with Crippen LogP contribution in [0.1, 0.15) is 28.8 Å². The van der Waals surface area contributed by atoms with Crippen molar-refractivity contribution < 1.29 is 14.3 Å². The smallest absolute Gasteiger partial charge is 0.253 e. The highest BCUT2D eigenvalue weighted by Gasteiger charge is 2.22. The van der Waals surface area contributed by atoms with Crippen LogP contribution in [0.5, 0.6) is 0 Å². The average molecular weight is 304 g/mol. The van der Waals surface area contributed by atoms with Gasteiger partial charge in [-0.25, -0.2) is 0 Å². The lowest BCUT2D eigenvalue weighted by Gasteiger charge is -2.22. The fourth-order valence-corrected chi connectivity index (χ4v) is 2.60. The highest BCUT2D eigenvalue weighted by atomic mass is 16.5. The Kier molecular flexibility index (Phi) is 5.95. The Morgan fingerprint density at radius 2 is 1.68 bits per heavy atom. The van der Waals surface area contributed by atoms with E-state index in [4.69, 9.17) is 4.74 Å². The van der Waals surface area contributed by atoms with Crippen LogP contribution in [-0.2, 0) is 9.53 Å². The summed E-state index contributed by atoms with van der Waals surface area (Å²) in [4.78, 5) is 28.2. The Hall–Kier alpha value is -1.88. The van der Waals surface area contributed by atoms with Gasteiger partial charge in [0.2, 0.25) is 5.91 Å². The zero-order chi connectivity index (χ0) is 15.9. The zero-order valence-corrected chi connectivity index (χ0v) is 13.4. The maximum Gasteiger partial charge on any atom is 0.253 e. The van der Waals surface area contributed by atoms with E-state index in [1.54, 1.807) is 7.11 Å². The molecule has 120 valence electrons. The number of hydrogen-bond donors (Lipinski definition) is 0. The summed E-state index contributed by atoms with van der Waals surface area (Å²) in [6, 6.07) is 7.63. The third-order valence-electron chi connectivity index (χ3n) is 3.95. The first kappa shape index (κ1) is 16.5. The molecule has 5 nitrogen and oxygen atoms in total. The van der Waals surface area contributed by atoms with Gasteiger partial charge < -0.3 is 14.5 Å². The largest absolute Gasteiger partial charge is 0.384 e. The van der Waals surface area contributed by atoms with Gasteiger partial charge in [0.1, 0.15) is 0 Å². The normalized spacial score (nSPS) is 15.5. The van der Waals surface area contributed by atoms with E-state index < -0.39 is 0 Å². The van der Waals surface area contributed by atoms with E-state index in [1.807, 2.05) is 41.0 Å². The number of methoxy groups -OCH3 is 1. The average Bonchev–Trinajstić information content (AvgIpc) is 2.78. The van der Waals surface area contributed by atoms with E-state index in [2.05, 4.69) is 0 Å². The number of carbonyl (C=O) groups excluding carboxylic acids is 2. The first-order valence-electron chi connectivity index (χ1n) is 7.74. The van der Waals surface area contributed by atoms with Crippen molar-refractivity contribution in [3.8, 4) is 0 Å². The van der Waals surface area contributed by atoms with Gasteiger partial charge in [-0.3, -0.25) is 9.59 Å². The molecule has 1 fully saturated rings. The minimum absolute atomic E-state index is 0.0474. The zero-order valence-electron chi connectivity index (χ0n) is 13.4. The molecule has 0 spiro atoms. The van der Waals surface area contributed by atoms with E-state index in [9.17, 15) is 9.59 Å². The summed E-state index contributed by atoms with van der Waals surface area (Å²) in [5.41, 5.74) is 1.85. The molecule has 22 heavy (non-hydrogen) atoms. The van der Waals surface area contributed by atoms with Crippen LogP contribution in [-0.4, -0.2) is 61.5 Å². The number of carbonyl (C=O) groups is 2. The molecule has 1 aliphatic heterocycles. The first-order chi connectivity index (χ1) is 10.6. The van der Waals surface area contributed by atoms with Crippen LogP contribution < -0.4 is 0 Å². The van der Waals surface area contributed by atoms with Crippen LogP contribution in [0.15, 0.2) is 24.3 Å². The van der Waals surface area contributed by atoms with Crippen LogP contribution in [0.3, 0.4) is 0 Å². The Morgan fingerprint density at radius 3 is 2.36 bits per heavy atom. The highest BCUT2D eigenvalue weighted by Crippen LogP contribution is 2.11. The van der Waals surface area contributed by atoms with Crippen molar-refractivity contribution in [2.45, 2.75) is 19.8 Å². The third kappa shape index (κ3) is 4.31. The summed E-state index contributed by atoms with van der Waals surface area (Å²) >= 11 is 0. The molecule has 0 radical (unpaired) electrons. The lowest BCUT2D eigenvalue weighted by atomic mass is 10.1. The lowest BCUT2D eigenvalue weighted by Crippen LogP contribution is -2.37. The molecule has 2 rings (SSSR count). The molecule has 1 heterocycles. The Morgan fingerprint density at radius 1 is 1.05 bits per heavy atom. The van der Waals surface area contributed by atoms with Gasteiger partial charge in [0.05, 0.1) is 13.0 Å². The van der Waals surface area contributed by atoms with Gasteiger partial charge in [-0.05, 0) is 25.5 Å². The molecule has 1 aromatic carbocycles. The minimum Gasteiger partial charge on any atom is -0.384 e. The molecular weight excluding hydrogens is 280 g/mol. The number of aryl methyl sites for hydroxylation is 1. The Balaban J connectivity index is 1.93. The standard InChI is InChI=1S/C17H24N2O3/c1-14-4-6-15(7-5-14)17(21)19-10-3-9-18(11-12-19)16(20)8-13-22-2/h4-7H,3,8-13H2,1-2H3. The fourth-order valence-electron chi connectivity index (χ4n) is 2.60. The van der Waals surface area contributed by atoms with Crippen molar-refractivity contribution in [1.29, 1.82) is 0 Å². The summed E-state index contributed by atoms with van der Waals surface area (Å²) < 4.78 is 4.95. The molecule has 0 saturated carbocycles. The van der Waals surface area contributed by atoms with Gasteiger partial charge >= 0.3 is 0 Å². The molecule has 5 heteroatoms. The summed E-state index contributed by atoms with van der Waals surface area (Å²) in [6.45, 7) is 5.04. The van der Waals surface area contributed by atoms with Crippen molar-refractivity contribution >= 4 is 11.8 Å². The quantitative estimate of drug-likeness (QED) is 0.851. The van der Waals surface area contributed by atoms with Crippen molar-refractivity contribution in [1.82, 2.24) is 9.80 Å². The molecule has 1 aromatic rings. The third-order valence-corrected chi connectivity index (χ3v) is 3.95. The maximum atomic E-state index is 12.5. The molecule has 0 N–H and O–H groups in total. The van der Waals surface area contributed by atoms with Crippen LogP contribution in [0, 0.1) is 6.92 Å². The number of ether oxygens (including phenoxy) is 1. The first-order valence-corrected chi connectivity index (χ1v) is 7.74. The van der Waals surface area contributed by atoms with Gasteiger partial charge in [-0.1, -0.05) is 17.7 Å². The fraction of sp³-hybridized carbons (Fsp3) is 0.529. The number of benzene rings is 1. The second-order valence-electron chi connectivity index (χ2n) is 5.64. The molecule has 0 aromatic heterocycles. The summed E-state index contributed by atoms with van der Waals surface area (Å²) in [6.07, 6.45) is 1.22. The van der Waals surface area contributed by atoms with Crippen LogP contribution in [0.2, 0.25) is 0 Å². The molecule has 1 saturated heterocycles. The van der Waals surface area contributed by atoms with Gasteiger partial charge in [0.25, 0.3) is 5.91 Å². The summed E-state index contributed by atoms with van der Waals surface area (Å²) in [5, 5.41) is 0. The second kappa shape index (κ2) is 7.94. The second-order valence-corrected chi connectivity index (χ2v) is 5.64. The van der Waals surface area contributed by atoms with Crippen molar-refractivity contribution in [3.05, 3.63) is 35.4 Å². The number of amides is 2. The number of rotatable bonds is 4. The monoisotopic (exact) mass is 304 g/mol. The predicted octanol–water partition coefficient (Wildman–Crippen LogP) is 1.71. The predicted molar refractivity (Wildman–Crippen MR) is 84.8 cm³/mol. The van der Waals surface area contributed by atoms with Gasteiger partial charge in [-0.2, -0.15) is 0 Å². The van der Waals surface area contributed by atoms with Crippen molar-refractivity contribution in [3.63, 3.8) is 0 Å². The molecule has 0 atom stereocenters. The van der Waals surface area contributed by atoms with E-state index in [-0.39, 0.29) is 11.8 Å². The highest BCUT2D eigenvalue weighted by molar-refractivity contribution is 5.94.